The van der Waals surface area contributed by atoms with Gasteiger partial charge in [-0.25, -0.2) is 4.98 Å². The van der Waals surface area contributed by atoms with E-state index in [0.29, 0.717) is 16.8 Å². The number of aromatic nitrogens is 1. The van der Waals surface area contributed by atoms with Gasteiger partial charge in [0.15, 0.2) is 0 Å². The predicted molar refractivity (Wildman–Crippen MR) is 77.7 cm³/mol. The lowest BCUT2D eigenvalue weighted by Gasteiger charge is -2.24. The van der Waals surface area contributed by atoms with Crippen LogP contribution in [-0.4, -0.2) is 28.9 Å². The van der Waals surface area contributed by atoms with Gasteiger partial charge < -0.3 is 4.90 Å². The standard InChI is InChI=1S/C15H21ClN2O/c1-10(2)13-8-11(9-14(16)17-13)15(19)18(3)12-6-4-5-7-12/h8-10,12H,4-7H2,1-3H3. The Morgan fingerprint density at radius 2 is 2.00 bits per heavy atom. The number of hydrogen-bond donors (Lipinski definition) is 0. The SMILES string of the molecule is CC(C)c1cc(C(=O)N(C)C2CCCC2)cc(Cl)n1. The average Bonchev–Trinajstić information content (AvgIpc) is 2.90. The van der Waals surface area contributed by atoms with E-state index in [9.17, 15) is 4.79 Å². The molecule has 1 fully saturated rings. The van der Waals surface area contributed by atoms with Crippen LogP contribution in [0.4, 0.5) is 0 Å². The molecule has 1 aliphatic rings. The van der Waals surface area contributed by atoms with E-state index < -0.39 is 0 Å². The summed E-state index contributed by atoms with van der Waals surface area (Å²) in [5.41, 5.74) is 1.52. The number of halogens is 1. The molecule has 0 unspecified atom stereocenters. The first-order valence-electron chi connectivity index (χ1n) is 6.93. The van der Waals surface area contributed by atoms with Crippen molar-refractivity contribution in [1.29, 1.82) is 0 Å². The lowest BCUT2D eigenvalue weighted by atomic mass is 10.1. The topological polar surface area (TPSA) is 33.2 Å². The Bertz CT molecular complexity index is 467. The van der Waals surface area contributed by atoms with Crippen LogP contribution >= 0.6 is 11.6 Å². The van der Waals surface area contributed by atoms with Crippen LogP contribution in [0, 0.1) is 0 Å². The van der Waals surface area contributed by atoms with Crippen molar-refractivity contribution < 1.29 is 4.79 Å². The minimum Gasteiger partial charge on any atom is -0.339 e. The van der Waals surface area contributed by atoms with Gasteiger partial charge in [0.2, 0.25) is 0 Å². The molecule has 0 aliphatic heterocycles. The van der Waals surface area contributed by atoms with Crippen LogP contribution in [0.3, 0.4) is 0 Å². The molecule has 0 atom stereocenters. The third-order valence-corrected chi connectivity index (χ3v) is 4.04. The summed E-state index contributed by atoms with van der Waals surface area (Å²) in [4.78, 5) is 18.6. The number of carbonyl (C=O) groups is 1. The zero-order valence-corrected chi connectivity index (χ0v) is 12.6. The lowest BCUT2D eigenvalue weighted by molar-refractivity contribution is 0.0735. The molecule has 19 heavy (non-hydrogen) atoms. The highest BCUT2D eigenvalue weighted by molar-refractivity contribution is 6.29. The first kappa shape index (κ1) is 14.3. The fourth-order valence-corrected chi connectivity index (χ4v) is 2.81. The van der Waals surface area contributed by atoms with Gasteiger partial charge in [-0.1, -0.05) is 38.3 Å². The van der Waals surface area contributed by atoms with Gasteiger partial charge in [0.05, 0.1) is 0 Å². The minimum absolute atomic E-state index is 0.0538. The second-order valence-corrected chi connectivity index (χ2v) is 6.00. The quantitative estimate of drug-likeness (QED) is 0.788. The fourth-order valence-electron chi connectivity index (χ4n) is 2.60. The Labute approximate surface area is 120 Å². The maximum Gasteiger partial charge on any atom is 0.254 e. The number of nitrogens with zero attached hydrogens (tertiary/aromatic N) is 2. The van der Waals surface area contributed by atoms with Gasteiger partial charge in [0.1, 0.15) is 5.15 Å². The van der Waals surface area contributed by atoms with E-state index >= 15 is 0 Å². The van der Waals surface area contributed by atoms with Crippen molar-refractivity contribution in [2.45, 2.75) is 51.5 Å². The summed E-state index contributed by atoms with van der Waals surface area (Å²) in [6.45, 7) is 4.10. The summed E-state index contributed by atoms with van der Waals surface area (Å²) >= 11 is 6.02. The second-order valence-electron chi connectivity index (χ2n) is 5.61. The van der Waals surface area contributed by atoms with Gasteiger partial charge in [-0.3, -0.25) is 4.79 Å². The molecule has 1 aromatic heterocycles. The third kappa shape index (κ3) is 3.27. The molecule has 0 aromatic carbocycles. The Hall–Kier alpha value is -1.09. The van der Waals surface area contributed by atoms with Gasteiger partial charge in [-0.15, -0.1) is 0 Å². The molecule has 0 spiro atoms. The maximum absolute atomic E-state index is 12.5. The number of pyridine rings is 1. The van der Waals surface area contributed by atoms with Gasteiger partial charge in [-0.2, -0.15) is 0 Å². The number of amides is 1. The van der Waals surface area contributed by atoms with Crippen molar-refractivity contribution in [2.24, 2.45) is 0 Å². The zero-order valence-electron chi connectivity index (χ0n) is 11.8. The van der Waals surface area contributed by atoms with Crippen LogP contribution in [0.15, 0.2) is 12.1 Å². The molecule has 1 aromatic rings. The summed E-state index contributed by atoms with van der Waals surface area (Å²) in [7, 11) is 1.89. The van der Waals surface area contributed by atoms with Crippen molar-refractivity contribution in [3.8, 4) is 0 Å². The minimum atomic E-state index is 0.0538. The molecule has 2 rings (SSSR count). The fraction of sp³-hybridized carbons (Fsp3) is 0.600. The molecule has 1 aliphatic carbocycles. The monoisotopic (exact) mass is 280 g/mol. The van der Waals surface area contributed by atoms with Crippen molar-refractivity contribution >= 4 is 17.5 Å². The molecular formula is C15H21ClN2O. The van der Waals surface area contributed by atoms with Crippen molar-refractivity contribution in [2.75, 3.05) is 7.05 Å². The van der Waals surface area contributed by atoms with Crippen LogP contribution in [0.5, 0.6) is 0 Å². The molecule has 1 saturated carbocycles. The molecule has 0 saturated heterocycles. The smallest absolute Gasteiger partial charge is 0.254 e. The van der Waals surface area contributed by atoms with E-state index in [2.05, 4.69) is 4.98 Å². The van der Waals surface area contributed by atoms with E-state index in [-0.39, 0.29) is 11.8 Å². The van der Waals surface area contributed by atoms with E-state index in [1.165, 1.54) is 12.8 Å². The molecule has 0 N–H and O–H groups in total. The van der Waals surface area contributed by atoms with E-state index in [4.69, 9.17) is 11.6 Å². The number of carbonyl (C=O) groups excluding carboxylic acids is 1. The van der Waals surface area contributed by atoms with Crippen molar-refractivity contribution in [1.82, 2.24) is 9.88 Å². The van der Waals surface area contributed by atoms with Crippen molar-refractivity contribution in [3.63, 3.8) is 0 Å². The largest absolute Gasteiger partial charge is 0.339 e. The molecule has 3 nitrogen and oxygen atoms in total. The van der Waals surface area contributed by atoms with E-state index in [1.54, 1.807) is 6.07 Å². The molecular weight excluding hydrogens is 260 g/mol. The van der Waals surface area contributed by atoms with E-state index in [0.717, 1.165) is 18.5 Å². The summed E-state index contributed by atoms with van der Waals surface area (Å²) in [5.74, 6) is 0.320. The molecule has 0 radical (unpaired) electrons. The lowest BCUT2D eigenvalue weighted by Crippen LogP contribution is -2.35. The highest BCUT2D eigenvalue weighted by Gasteiger charge is 2.24. The summed E-state index contributed by atoms with van der Waals surface area (Å²) < 4.78 is 0. The summed E-state index contributed by atoms with van der Waals surface area (Å²) in [6, 6.07) is 3.91. The van der Waals surface area contributed by atoms with Gasteiger partial charge >= 0.3 is 0 Å². The summed E-state index contributed by atoms with van der Waals surface area (Å²) in [5, 5.41) is 0.398. The molecule has 1 amide bonds. The normalized spacial score (nSPS) is 16.1. The molecule has 0 bridgehead atoms. The van der Waals surface area contributed by atoms with Crippen LogP contribution < -0.4 is 0 Å². The van der Waals surface area contributed by atoms with Crippen LogP contribution in [0.2, 0.25) is 5.15 Å². The third-order valence-electron chi connectivity index (χ3n) is 3.85. The number of hydrogen-bond acceptors (Lipinski definition) is 2. The predicted octanol–water partition coefficient (Wildman–Crippen LogP) is 3.87. The highest BCUT2D eigenvalue weighted by atomic mass is 35.5. The van der Waals surface area contributed by atoms with Crippen LogP contribution in [0.25, 0.3) is 0 Å². The molecule has 104 valence electrons. The number of rotatable bonds is 3. The average molecular weight is 281 g/mol. The van der Waals surface area contributed by atoms with Gasteiger partial charge in [-0.05, 0) is 30.9 Å². The highest BCUT2D eigenvalue weighted by Crippen LogP contribution is 2.25. The Kier molecular flexibility index (Phi) is 4.46. The Morgan fingerprint density at radius 3 is 2.58 bits per heavy atom. The maximum atomic E-state index is 12.5. The molecule has 4 heteroatoms. The van der Waals surface area contributed by atoms with Gasteiger partial charge in [0, 0.05) is 24.3 Å². The van der Waals surface area contributed by atoms with Crippen LogP contribution in [-0.2, 0) is 0 Å². The Morgan fingerprint density at radius 1 is 1.37 bits per heavy atom. The molecule has 1 heterocycles. The van der Waals surface area contributed by atoms with Gasteiger partial charge in [0.25, 0.3) is 5.91 Å². The summed E-state index contributed by atoms with van der Waals surface area (Å²) in [6.07, 6.45) is 4.66. The zero-order chi connectivity index (χ0) is 14.0. The Balaban J connectivity index is 2.22. The first-order chi connectivity index (χ1) is 8.99. The van der Waals surface area contributed by atoms with Crippen LogP contribution in [0.1, 0.15) is 61.5 Å². The second kappa shape index (κ2) is 5.91. The first-order valence-corrected chi connectivity index (χ1v) is 7.31. The van der Waals surface area contributed by atoms with E-state index in [1.807, 2.05) is 31.9 Å². The van der Waals surface area contributed by atoms with Crippen molar-refractivity contribution in [3.05, 3.63) is 28.5 Å².